The SMILES string of the molecule is COc1ccc(C2C3=C(OC4CCC(C)CC4C3=O)C(=O)N2c2cc(C)on2)cc1. The van der Waals surface area contributed by atoms with Crippen LogP contribution in [-0.4, -0.2) is 30.1 Å². The van der Waals surface area contributed by atoms with Crippen molar-refractivity contribution in [3.05, 3.63) is 53.0 Å². The van der Waals surface area contributed by atoms with E-state index in [9.17, 15) is 9.59 Å². The molecule has 0 bridgehead atoms. The number of benzene rings is 1. The highest BCUT2D eigenvalue weighted by Gasteiger charge is 2.53. The Bertz CT molecular complexity index is 1040. The molecule has 0 radical (unpaired) electrons. The first-order valence-corrected chi connectivity index (χ1v) is 10.3. The van der Waals surface area contributed by atoms with Crippen molar-refractivity contribution in [1.82, 2.24) is 5.16 Å². The molecule has 4 unspecified atom stereocenters. The number of nitrogens with zero attached hydrogens (tertiary/aromatic N) is 2. The van der Waals surface area contributed by atoms with Crippen molar-refractivity contribution in [3.63, 3.8) is 0 Å². The Hall–Kier alpha value is -3.09. The van der Waals surface area contributed by atoms with E-state index in [0.29, 0.717) is 28.8 Å². The molecule has 7 nitrogen and oxygen atoms in total. The topological polar surface area (TPSA) is 81.9 Å². The fraction of sp³-hybridized carbons (Fsp3) is 0.435. The van der Waals surface area contributed by atoms with Gasteiger partial charge in [0.1, 0.15) is 17.6 Å². The van der Waals surface area contributed by atoms with Crippen LogP contribution in [0, 0.1) is 18.8 Å². The molecule has 0 N–H and O–H groups in total. The lowest BCUT2D eigenvalue weighted by atomic mass is 9.74. The van der Waals surface area contributed by atoms with Crippen molar-refractivity contribution < 1.29 is 23.6 Å². The number of ketones is 1. The lowest BCUT2D eigenvalue weighted by Crippen LogP contribution is -2.41. The largest absolute Gasteiger partial charge is 0.497 e. The van der Waals surface area contributed by atoms with Crippen molar-refractivity contribution in [2.75, 3.05) is 12.0 Å². The van der Waals surface area contributed by atoms with Gasteiger partial charge >= 0.3 is 0 Å². The molecule has 3 heterocycles. The molecule has 30 heavy (non-hydrogen) atoms. The van der Waals surface area contributed by atoms with Gasteiger partial charge in [-0.1, -0.05) is 24.2 Å². The van der Waals surface area contributed by atoms with Crippen LogP contribution in [0.2, 0.25) is 0 Å². The molecule has 1 fully saturated rings. The second-order valence-electron chi connectivity index (χ2n) is 8.43. The van der Waals surface area contributed by atoms with Gasteiger partial charge in [-0.25, -0.2) is 0 Å². The van der Waals surface area contributed by atoms with E-state index >= 15 is 0 Å². The van der Waals surface area contributed by atoms with E-state index in [4.69, 9.17) is 14.0 Å². The van der Waals surface area contributed by atoms with Crippen LogP contribution in [0.15, 0.2) is 46.2 Å². The van der Waals surface area contributed by atoms with Crippen LogP contribution in [-0.2, 0) is 14.3 Å². The molecule has 4 atom stereocenters. The van der Waals surface area contributed by atoms with E-state index in [2.05, 4.69) is 12.1 Å². The van der Waals surface area contributed by atoms with Gasteiger partial charge < -0.3 is 14.0 Å². The summed E-state index contributed by atoms with van der Waals surface area (Å²) < 4.78 is 16.7. The summed E-state index contributed by atoms with van der Waals surface area (Å²) in [6, 6.07) is 8.49. The molecular weight excluding hydrogens is 384 g/mol. The fourth-order valence-corrected chi connectivity index (χ4v) is 4.88. The van der Waals surface area contributed by atoms with Crippen LogP contribution in [0.3, 0.4) is 0 Å². The first-order valence-electron chi connectivity index (χ1n) is 10.3. The van der Waals surface area contributed by atoms with Crippen LogP contribution in [0.4, 0.5) is 5.82 Å². The maximum absolute atomic E-state index is 13.6. The zero-order valence-electron chi connectivity index (χ0n) is 17.3. The fourth-order valence-electron chi connectivity index (χ4n) is 4.88. The number of anilines is 1. The summed E-state index contributed by atoms with van der Waals surface area (Å²) in [5.41, 5.74) is 1.23. The van der Waals surface area contributed by atoms with E-state index in [1.165, 1.54) is 4.90 Å². The Labute approximate surface area is 174 Å². The van der Waals surface area contributed by atoms with Gasteiger partial charge in [0, 0.05) is 6.07 Å². The molecule has 1 aliphatic carbocycles. The molecule has 5 rings (SSSR count). The summed E-state index contributed by atoms with van der Waals surface area (Å²) in [7, 11) is 1.60. The highest BCUT2D eigenvalue weighted by Crippen LogP contribution is 2.48. The van der Waals surface area contributed by atoms with Crippen LogP contribution in [0.1, 0.15) is 43.6 Å². The normalized spacial score (nSPS) is 28.3. The molecule has 3 aliphatic rings. The van der Waals surface area contributed by atoms with Gasteiger partial charge in [-0.2, -0.15) is 0 Å². The molecule has 0 spiro atoms. The van der Waals surface area contributed by atoms with Crippen LogP contribution < -0.4 is 9.64 Å². The third kappa shape index (κ3) is 2.83. The molecule has 2 aliphatic heterocycles. The number of fused-ring (bicyclic) bond motifs is 1. The highest BCUT2D eigenvalue weighted by atomic mass is 16.5. The van der Waals surface area contributed by atoms with Crippen molar-refractivity contribution in [3.8, 4) is 5.75 Å². The molecule has 0 saturated heterocycles. The number of Topliss-reactive ketones (excluding diaryl/α,β-unsaturated/α-hetero) is 1. The van der Waals surface area contributed by atoms with E-state index < -0.39 is 6.04 Å². The Morgan fingerprint density at radius 1 is 1.17 bits per heavy atom. The minimum absolute atomic E-state index is 0.0182. The van der Waals surface area contributed by atoms with Crippen LogP contribution >= 0.6 is 0 Å². The highest BCUT2D eigenvalue weighted by molar-refractivity contribution is 6.17. The maximum atomic E-state index is 13.6. The first kappa shape index (κ1) is 18.9. The summed E-state index contributed by atoms with van der Waals surface area (Å²) in [6.07, 6.45) is 2.34. The van der Waals surface area contributed by atoms with Crippen LogP contribution in [0.25, 0.3) is 0 Å². The first-order chi connectivity index (χ1) is 14.5. The molecule has 1 saturated carbocycles. The second kappa shape index (κ2) is 7.00. The van der Waals surface area contributed by atoms with Gasteiger partial charge in [0.05, 0.1) is 24.6 Å². The van der Waals surface area contributed by atoms with E-state index in [1.54, 1.807) is 20.1 Å². The number of amides is 1. The van der Waals surface area contributed by atoms with Gasteiger partial charge in [-0.15, -0.1) is 0 Å². The summed E-state index contributed by atoms with van der Waals surface area (Å²) in [5.74, 6) is 1.76. The number of hydrogen-bond donors (Lipinski definition) is 0. The minimum atomic E-state index is -0.603. The van der Waals surface area contributed by atoms with Crippen molar-refractivity contribution in [2.45, 2.75) is 45.3 Å². The predicted molar refractivity (Wildman–Crippen MR) is 108 cm³/mol. The number of aryl methyl sites for hydroxylation is 1. The molecule has 156 valence electrons. The lowest BCUT2D eigenvalue weighted by molar-refractivity contribution is -0.132. The predicted octanol–water partition coefficient (Wildman–Crippen LogP) is 3.74. The van der Waals surface area contributed by atoms with Gasteiger partial charge in [0.2, 0.25) is 0 Å². The standard InChI is InChI=1S/C23H24N2O5/c1-12-4-9-17-16(10-12)21(26)19-20(14-5-7-15(28-3)8-6-14)25(23(27)22(19)29-17)18-11-13(2)30-24-18/h5-8,11-12,16-17,20H,4,9-10H2,1-3H3. The third-order valence-corrected chi connectivity index (χ3v) is 6.40. The number of carbonyl (C=O) groups is 2. The Kier molecular flexibility index (Phi) is 4.41. The van der Waals surface area contributed by atoms with Crippen molar-refractivity contribution >= 4 is 17.5 Å². The maximum Gasteiger partial charge on any atom is 0.295 e. The number of aromatic nitrogens is 1. The van der Waals surface area contributed by atoms with Gasteiger partial charge in [0.25, 0.3) is 5.91 Å². The van der Waals surface area contributed by atoms with Crippen LogP contribution in [0.5, 0.6) is 5.75 Å². The molecular formula is C23H24N2O5. The molecule has 1 aromatic carbocycles. The summed E-state index contributed by atoms with van der Waals surface area (Å²) in [5, 5.41) is 4.06. The van der Waals surface area contributed by atoms with Crippen molar-refractivity contribution in [2.24, 2.45) is 11.8 Å². The number of carbonyl (C=O) groups excluding carboxylic acids is 2. The number of methoxy groups -OCH3 is 1. The average molecular weight is 408 g/mol. The molecule has 1 aromatic heterocycles. The minimum Gasteiger partial charge on any atom is -0.497 e. The van der Waals surface area contributed by atoms with Gasteiger partial charge in [-0.05, 0) is 49.8 Å². The molecule has 1 amide bonds. The van der Waals surface area contributed by atoms with Gasteiger partial charge in [0.15, 0.2) is 17.4 Å². The third-order valence-electron chi connectivity index (χ3n) is 6.40. The second-order valence-corrected chi connectivity index (χ2v) is 8.43. The summed E-state index contributed by atoms with van der Waals surface area (Å²) >= 11 is 0. The van der Waals surface area contributed by atoms with E-state index in [-0.39, 0.29) is 29.5 Å². The van der Waals surface area contributed by atoms with Crippen molar-refractivity contribution in [1.29, 1.82) is 0 Å². The lowest BCUT2D eigenvalue weighted by Gasteiger charge is -2.37. The summed E-state index contributed by atoms with van der Waals surface area (Å²) in [4.78, 5) is 28.6. The zero-order chi connectivity index (χ0) is 21.0. The van der Waals surface area contributed by atoms with E-state index in [0.717, 1.165) is 24.8 Å². The number of hydrogen-bond acceptors (Lipinski definition) is 6. The molecule has 7 heteroatoms. The Morgan fingerprint density at radius 2 is 1.93 bits per heavy atom. The zero-order valence-corrected chi connectivity index (χ0v) is 17.3. The Morgan fingerprint density at radius 3 is 2.60 bits per heavy atom. The number of ether oxygens (including phenoxy) is 2. The summed E-state index contributed by atoms with van der Waals surface area (Å²) in [6.45, 7) is 3.93. The van der Waals surface area contributed by atoms with Gasteiger partial charge in [-0.3, -0.25) is 14.5 Å². The monoisotopic (exact) mass is 408 g/mol. The average Bonchev–Trinajstić information content (AvgIpc) is 3.30. The van der Waals surface area contributed by atoms with E-state index in [1.807, 2.05) is 24.3 Å². The number of rotatable bonds is 3. The quantitative estimate of drug-likeness (QED) is 0.770. The Balaban J connectivity index is 1.63. The molecule has 2 aromatic rings. The smallest absolute Gasteiger partial charge is 0.295 e.